The number of nitrogens with one attached hydrogen (secondary N) is 1. The molecule has 2 aliphatic carbocycles. The van der Waals surface area contributed by atoms with Gasteiger partial charge in [-0.25, -0.2) is 0 Å². The normalized spacial score (nSPS) is 31.3. The molecule has 0 aromatic carbocycles. The van der Waals surface area contributed by atoms with Gasteiger partial charge in [0.1, 0.15) is 0 Å². The zero-order valence-corrected chi connectivity index (χ0v) is 12.0. The summed E-state index contributed by atoms with van der Waals surface area (Å²) < 4.78 is 0. The second kappa shape index (κ2) is 5.81. The largest absolute Gasteiger partial charge is 0.394 e. The van der Waals surface area contributed by atoms with Crippen molar-refractivity contribution in [1.29, 1.82) is 0 Å². The van der Waals surface area contributed by atoms with Gasteiger partial charge in [-0.05, 0) is 44.2 Å². The number of hydrogen-bond acceptors (Lipinski definition) is 4. The van der Waals surface area contributed by atoms with Gasteiger partial charge in [0.05, 0.1) is 6.61 Å². The Morgan fingerprint density at radius 1 is 1.32 bits per heavy atom. The number of thioether (sulfide) groups is 1. The summed E-state index contributed by atoms with van der Waals surface area (Å²) in [7, 11) is 0. The highest BCUT2D eigenvalue weighted by Crippen LogP contribution is 2.39. The topological polar surface area (TPSA) is 45.1 Å². The number of aliphatic hydroxyl groups excluding tert-OH is 1. The molecule has 0 radical (unpaired) electrons. The average molecular weight is 278 g/mol. The fourth-order valence-corrected chi connectivity index (χ4v) is 4.35. The van der Waals surface area contributed by atoms with Gasteiger partial charge in [0, 0.05) is 34.1 Å². The first kappa shape index (κ1) is 13.4. The van der Waals surface area contributed by atoms with Gasteiger partial charge in [-0.15, -0.1) is 11.8 Å². The lowest BCUT2D eigenvalue weighted by atomic mass is 9.82. The van der Waals surface area contributed by atoms with E-state index in [9.17, 15) is 5.11 Å². The molecule has 2 atom stereocenters. The van der Waals surface area contributed by atoms with Crippen LogP contribution in [0.15, 0.2) is 29.4 Å². The highest BCUT2D eigenvalue weighted by atomic mass is 32.2. The monoisotopic (exact) mass is 278 g/mol. The van der Waals surface area contributed by atoms with Crippen molar-refractivity contribution >= 4 is 11.8 Å². The highest BCUT2D eigenvalue weighted by Gasteiger charge is 2.39. The van der Waals surface area contributed by atoms with E-state index in [1.54, 1.807) is 0 Å². The zero-order valence-electron chi connectivity index (χ0n) is 11.2. The summed E-state index contributed by atoms with van der Waals surface area (Å²) in [5.41, 5.74) is -0.0237. The van der Waals surface area contributed by atoms with Crippen molar-refractivity contribution in [3.8, 4) is 0 Å². The lowest BCUT2D eigenvalue weighted by Crippen LogP contribution is -2.53. The van der Waals surface area contributed by atoms with Gasteiger partial charge in [-0.1, -0.05) is 6.42 Å². The molecule has 3 nitrogen and oxygen atoms in total. The highest BCUT2D eigenvalue weighted by molar-refractivity contribution is 8.00. The molecular weight excluding hydrogens is 256 g/mol. The fraction of sp³-hybridized carbons (Fsp3) is 0.667. The molecule has 1 heterocycles. The van der Waals surface area contributed by atoms with Crippen LogP contribution in [0.4, 0.5) is 0 Å². The molecule has 1 aromatic rings. The van der Waals surface area contributed by atoms with Crippen LogP contribution in [0.2, 0.25) is 0 Å². The van der Waals surface area contributed by atoms with E-state index in [2.05, 4.69) is 22.4 Å². The second-order valence-electron chi connectivity index (χ2n) is 5.88. The summed E-state index contributed by atoms with van der Waals surface area (Å²) >= 11 is 1.94. The number of aromatic nitrogens is 1. The van der Waals surface area contributed by atoms with Gasteiger partial charge in [0.25, 0.3) is 0 Å². The molecule has 19 heavy (non-hydrogen) atoms. The number of pyridine rings is 1. The third kappa shape index (κ3) is 3.50. The Hall–Kier alpha value is -0.580. The number of aliphatic hydroxyl groups is 1. The second-order valence-corrected chi connectivity index (χ2v) is 7.25. The smallest absolute Gasteiger partial charge is 0.0613 e. The predicted octanol–water partition coefficient (Wildman–Crippen LogP) is 2.60. The molecule has 0 saturated heterocycles. The summed E-state index contributed by atoms with van der Waals surface area (Å²) in [6.07, 6.45) is 10.9. The van der Waals surface area contributed by atoms with Gasteiger partial charge in [-0.3, -0.25) is 4.98 Å². The van der Waals surface area contributed by atoms with Crippen molar-refractivity contribution in [2.24, 2.45) is 0 Å². The van der Waals surface area contributed by atoms with Crippen LogP contribution in [0.1, 0.15) is 38.5 Å². The molecule has 0 spiro atoms. The zero-order chi connectivity index (χ0) is 13.1. The molecular formula is C15H22N2OS. The van der Waals surface area contributed by atoms with E-state index in [0.29, 0.717) is 11.3 Å². The van der Waals surface area contributed by atoms with E-state index < -0.39 is 0 Å². The molecule has 0 bridgehead atoms. The summed E-state index contributed by atoms with van der Waals surface area (Å²) in [5, 5.41) is 14.1. The molecule has 3 rings (SSSR count). The van der Waals surface area contributed by atoms with Crippen LogP contribution in [-0.2, 0) is 0 Å². The van der Waals surface area contributed by atoms with Crippen LogP contribution in [0, 0.1) is 0 Å². The van der Waals surface area contributed by atoms with Gasteiger partial charge in [-0.2, -0.15) is 0 Å². The van der Waals surface area contributed by atoms with Crippen LogP contribution in [0.25, 0.3) is 0 Å². The minimum atomic E-state index is -0.0237. The lowest BCUT2D eigenvalue weighted by molar-refractivity contribution is 0.122. The molecule has 2 unspecified atom stereocenters. The summed E-state index contributed by atoms with van der Waals surface area (Å²) in [4.78, 5) is 5.36. The first-order valence-electron chi connectivity index (χ1n) is 7.25. The Morgan fingerprint density at radius 3 is 2.79 bits per heavy atom. The number of hydrogen-bond donors (Lipinski definition) is 2. The fourth-order valence-electron chi connectivity index (χ4n) is 3.00. The van der Waals surface area contributed by atoms with Crippen molar-refractivity contribution in [2.75, 3.05) is 6.61 Å². The third-order valence-corrected chi connectivity index (χ3v) is 5.42. The number of rotatable bonds is 5. The maximum absolute atomic E-state index is 9.82. The minimum Gasteiger partial charge on any atom is -0.394 e. The molecule has 2 fully saturated rings. The molecule has 2 saturated carbocycles. The minimum absolute atomic E-state index is 0.0237. The molecule has 1 aromatic heterocycles. The van der Waals surface area contributed by atoms with E-state index in [0.717, 1.165) is 12.8 Å². The molecule has 0 amide bonds. The molecule has 4 heteroatoms. The SMILES string of the molecule is OCC1(NC2CC2)CCCC(Sc2ccncc2)C1. The molecule has 0 aliphatic heterocycles. The van der Waals surface area contributed by atoms with E-state index in [4.69, 9.17) is 0 Å². The van der Waals surface area contributed by atoms with Crippen molar-refractivity contribution < 1.29 is 5.11 Å². The van der Waals surface area contributed by atoms with Crippen molar-refractivity contribution in [2.45, 2.75) is 60.3 Å². The van der Waals surface area contributed by atoms with E-state index >= 15 is 0 Å². The number of nitrogens with zero attached hydrogens (tertiary/aromatic N) is 1. The Bertz CT molecular complexity index is 410. The van der Waals surface area contributed by atoms with E-state index in [-0.39, 0.29) is 12.1 Å². The Balaban J connectivity index is 1.63. The summed E-state index contributed by atoms with van der Waals surface area (Å²) in [5.74, 6) is 0. The summed E-state index contributed by atoms with van der Waals surface area (Å²) in [6.45, 7) is 0.275. The molecule has 2 N–H and O–H groups in total. The van der Waals surface area contributed by atoms with Crippen molar-refractivity contribution in [1.82, 2.24) is 10.3 Å². The molecule has 2 aliphatic rings. The lowest BCUT2D eigenvalue weighted by Gasteiger charge is -2.40. The van der Waals surface area contributed by atoms with Gasteiger partial charge < -0.3 is 10.4 Å². The molecule has 104 valence electrons. The van der Waals surface area contributed by atoms with Crippen LogP contribution in [0.3, 0.4) is 0 Å². The summed E-state index contributed by atoms with van der Waals surface area (Å²) in [6, 6.07) is 4.82. The average Bonchev–Trinajstić information content (AvgIpc) is 3.24. The van der Waals surface area contributed by atoms with Gasteiger partial charge in [0.15, 0.2) is 0 Å². The first-order valence-corrected chi connectivity index (χ1v) is 8.13. The first-order chi connectivity index (χ1) is 9.30. The van der Waals surface area contributed by atoms with Crippen LogP contribution in [0.5, 0.6) is 0 Å². The maximum Gasteiger partial charge on any atom is 0.0613 e. The maximum atomic E-state index is 9.82. The van der Waals surface area contributed by atoms with Crippen molar-refractivity contribution in [3.63, 3.8) is 0 Å². The Morgan fingerprint density at radius 2 is 2.11 bits per heavy atom. The Labute approximate surface area is 119 Å². The quantitative estimate of drug-likeness (QED) is 0.869. The van der Waals surface area contributed by atoms with Crippen LogP contribution in [-0.4, -0.2) is 33.5 Å². The van der Waals surface area contributed by atoms with Gasteiger partial charge in [0.2, 0.25) is 0 Å². The predicted molar refractivity (Wildman–Crippen MR) is 78.3 cm³/mol. The van der Waals surface area contributed by atoms with Crippen LogP contribution < -0.4 is 5.32 Å². The standard InChI is InChI=1S/C15H22N2OS/c18-11-15(17-12-3-4-12)7-1-2-14(10-15)19-13-5-8-16-9-6-13/h5-6,8-9,12,14,17-18H,1-4,7,10-11H2. The Kier molecular flexibility index (Phi) is 4.10. The van der Waals surface area contributed by atoms with Crippen molar-refractivity contribution in [3.05, 3.63) is 24.5 Å². The van der Waals surface area contributed by atoms with Crippen LogP contribution >= 0.6 is 11.8 Å². The third-order valence-electron chi connectivity index (χ3n) is 4.14. The van der Waals surface area contributed by atoms with E-state index in [1.165, 1.54) is 30.6 Å². The van der Waals surface area contributed by atoms with Gasteiger partial charge >= 0.3 is 0 Å². The van der Waals surface area contributed by atoms with E-state index in [1.807, 2.05) is 24.2 Å².